The van der Waals surface area contributed by atoms with Crippen LogP contribution >= 0.6 is 23.2 Å². The molecule has 3 aromatic rings. The Hall–Kier alpha value is -2.25. The predicted octanol–water partition coefficient (Wildman–Crippen LogP) is 5.98. The molecule has 3 rings (SSSR count). The monoisotopic (exact) mass is 419 g/mol. The molecule has 0 amide bonds. The number of aromatic amines is 1. The Labute approximate surface area is 160 Å². The van der Waals surface area contributed by atoms with Crippen molar-refractivity contribution in [1.82, 2.24) is 4.98 Å². The normalized spacial score (nSPS) is 11.8. The highest BCUT2D eigenvalue weighted by molar-refractivity contribution is 6.34. The van der Waals surface area contributed by atoms with Crippen molar-refractivity contribution in [2.24, 2.45) is 0 Å². The van der Waals surface area contributed by atoms with E-state index in [1.165, 1.54) is 12.3 Å². The smallest absolute Gasteiger partial charge is 0.419 e. The summed E-state index contributed by atoms with van der Waals surface area (Å²) in [5, 5.41) is 0.764. The van der Waals surface area contributed by atoms with E-state index < -0.39 is 17.6 Å². The summed E-state index contributed by atoms with van der Waals surface area (Å²) in [6, 6.07) is 5.60. The molecule has 1 N–H and O–H groups in total. The van der Waals surface area contributed by atoms with Crippen LogP contribution in [0.2, 0.25) is 5.02 Å². The van der Waals surface area contributed by atoms with Crippen LogP contribution in [0.15, 0.2) is 36.5 Å². The highest BCUT2D eigenvalue weighted by atomic mass is 35.5. The number of H-pyrrole nitrogens is 1. The second kappa shape index (κ2) is 7.40. The zero-order chi connectivity index (χ0) is 19.8. The Morgan fingerprint density at radius 1 is 1.19 bits per heavy atom. The number of carbonyl (C=O) groups is 1. The van der Waals surface area contributed by atoms with Crippen LogP contribution in [0.4, 0.5) is 17.6 Å². The summed E-state index contributed by atoms with van der Waals surface area (Å²) < 4.78 is 57.0. The first-order chi connectivity index (χ1) is 12.7. The molecule has 0 aliphatic rings. The molecule has 2 aromatic carbocycles. The summed E-state index contributed by atoms with van der Waals surface area (Å²) in [6.07, 6.45) is -3.27. The number of alkyl halides is 4. The molecule has 0 unspecified atom stereocenters. The van der Waals surface area contributed by atoms with Crippen molar-refractivity contribution < 1.29 is 27.1 Å². The summed E-state index contributed by atoms with van der Waals surface area (Å²) in [5.74, 6) is -1.67. The maximum absolute atomic E-state index is 13.6. The molecule has 1 heterocycles. The Morgan fingerprint density at radius 3 is 2.56 bits per heavy atom. The molecular formula is C18H11Cl2F4NO2. The van der Waals surface area contributed by atoms with Crippen LogP contribution in [-0.2, 0) is 12.8 Å². The van der Waals surface area contributed by atoms with Gasteiger partial charge in [-0.3, -0.25) is 4.79 Å². The minimum absolute atomic E-state index is 0.197. The maximum Gasteiger partial charge on any atom is 0.419 e. The van der Waals surface area contributed by atoms with Crippen molar-refractivity contribution in [3.63, 3.8) is 0 Å². The highest BCUT2D eigenvalue weighted by Crippen LogP contribution is 2.34. The van der Waals surface area contributed by atoms with Gasteiger partial charge >= 0.3 is 6.18 Å². The number of rotatable bonds is 5. The standard InChI is InChI=1S/C18H11Cl2F4NO2/c19-6-16(26)11-7-25-15-5-13(20)17(4-10(11)15)27-8-9-1-2-12(14(21)3-9)18(22,23)24/h1-5,7,25H,6,8H2. The lowest BCUT2D eigenvalue weighted by Crippen LogP contribution is -2.09. The summed E-state index contributed by atoms with van der Waals surface area (Å²) in [5.41, 5.74) is -0.187. The molecule has 142 valence electrons. The number of benzene rings is 2. The van der Waals surface area contributed by atoms with Crippen LogP contribution in [0.5, 0.6) is 5.75 Å². The molecule has 0 spiro atoms. The number of aromatic nitrogens is 1. The Morgan fingerprint density at radius 2 is 1.93 bits per heavy atom. The zero-order valence-electron chi connectivity index (χ0n) is 13.5. The second-order valence-corrected chi connectivity index (χ2v) is 6.36. The molecule has 0 saturated heterocycles. The summed E-state index contributed by atoms with van der Waals surface area (Å²) >= 11 is 11.7. The third-order valence-corrected chi connectivity index (χ3v) is 4.43. The van der Waals surface area contributed by atoms with Crippen molar-refractivity contribution in [3.05, 3.63) is 64.1 Å². The van der Waals surface area contributed by atoms with Gasteiger partial charge in [-0.1, -0.05) is 17.7 Å². The van der Waals surface area contributed by atoms with E-state index in [0.29, 0.717) is 22.5 Å². The minimum atomic E-state index is -4.77. The van der Waals surface area contributed by atoms with Crippen LogP contribution in [0.3, 0.4) is 0 Å². The van der Waals surface area contributed by atoms with Gasteiger partial charge in [-0.2, -0.15) is 13.2 Å². The average Bonchev–Trinajstić information content (AvgIpc) is 3.00. The van der Waals surface area contributed by atoms with Crippen molar-refractivity contribution >= 4 is 39.9 Å². The van der Waals surface area contributed by atoms with Gasteiger partial charge in [0, 0.05) is 22.7 Å². The summed E-state index contributed by atoms with van der Waals surface area (Å²) in [4.78, 5) is 14.8. The topological polar surface area (TPSA) is 42.1 Å². The SMILES string of the molecule is O=C(CCl)c1c[nH]c2cc(Cl)c(OCc3ccc(C(F)(F)F)c(F)c3)cc12. The van der Waals surface area contributed by atoms with E-state index in [0.717, 1.165) is 12.1 Å². The average molecular weight is 420 g/mol. The fourth-order valence-electron chi connectivity index (χ4n) is 2.58. The summed E-state index contributed by atoms with van der Waals surface area (Å²) in [6.45, 7) is -0.205. The van der Waals surface area contributed by atoms with E-state index in [2.05, 4.69) is 4.98 Å². The molecular weight excluding hydrogens is 409 g/mol. The third-order valence-electron chi connectivity index (χ3n) is 3.89. The van der Waals surface area contributed by atoms with Gasteiger partial charge in [-0.05, 0) is 29.8 Å². The van der Waals surface area contributed by atoms with Gasteiger partial charge in [0.2, 0.25) is 0 Å². The fourth-order valence-corrected chi connectivity index (χ4v) is 2.94. The highest BCUT2D eigenvalue weighted by Gasteiger charge is 2.33. The first-order valence-corrected chi connectivity index (χ1v) is 8.50. The number of carbonyl (C=O) groups excluding carboxylic acids is 1. The van der Waals surface area contributed by atoms with Crippen molar-refractivity contribution in [2.45, 2.75) is 12.8 Å². The Bertz CT molecular complexity index is 1010. The number of ether oxygens (including phenoxy) is 1. The summed E-state index contributed by atoms with van der Waals surface area (Å²) in [7, 11) is 0. The molecule has 0 atom stereocenters. The molecule has 9 heteroatoms. The lowest BCUT2D eigenvalue weighted by molar-refractivity contribution is -0.140. The van der Waals surface area contributed by atoms with E-state index >= 15 is 0 Å². The van der Waals surface area contributed by atoms with Gasteiger partial charge in [-0.25, -0.2) is 4.39 Å². The number of ketones is 1. The lowest BCUT2D eigenvalue weighted by Gasteiger charge is -2.11. The molecule has 0 radical (unpaired) electrons. The number of hydrogen-bond acceptors (Lipinski definition) is 2. The van der Waals surface area contributed by atoms with Gasteiger partial charge in [0.1, 0.15) is 18.2 Å². The quantitative estimate of drug-likeness (QED) is 0.314. The van der Waals surface area contributed by atoms with Crippen LogP contribution < -0.4 is 4.74 Å². The molecule has 0 aliphatic heterocycles. The molecule has 0 saturated carbocycles. The van der Waals surface area contributed by atoms with E-state index in [9.17, 15) is 22.4 Å². The van der Waals surface area contributed by atoms with Gasteiger partial charge in [-0.15, -0.1) is 11.6 Å². The fraction of sp³-hybridized carbons (Fsp3) is 0.167. The number of halogens is 6. The number of hydrogen-bond donors (Lipinski definition) is 1. The largest absolute Gasteiger partial charge is 0.487 e. The van der Waals surface area contributed by atoms with Gasteiger partial charge < -0.3 is 9.72 Å². The molecule has 3 nitrogen and oxygen atoms in total. The minimum Gasteiger partial charge on any atom is -0.487 e. The number of Topliss-reactive ketones (excluding diaryl/α,β-unsaturated/α-hetero) is 1. The van der Waals surface area contributed by atoms with Crippen molar-refractivity contribution in [3.8, 4) is 5.75 Å². The lowest BCUT2D eigenvalue weighted by atomic mass is 10.1. The van der Waals surface area contributed by atoms with Gasteiger partial charge in [0.25, 0.3) is 0 Å². The predicted molar refractivity (Wildman–Crippen MR) is 94.1 cm³/mol. The number of fused-ring (bicyclic) bond motifs is 1. The number of nitrogens with one attached hydrogen (secondary N) is 1. The van der Waals surface area contributed by atoms with Crippen LogP contribution in [0.1, 0.15) is 21.5 Å². The van der Waals surface area contributed by atoms with Crippen molar-refractivity contribution in [1.29, 1.82) is 0 Å². The van der Waals surface area contributed by atoms with Crippen LogP contribution in [0, 0.1) is 5.82 Å². The zero-order valence-corrected chi connectivity index (χ0v) is 15.0. The van der Waals surface area contributed by atoms with Crippen LogP contribution in [-0.4, -0.2) is 16.6 Å². The maximum atomic E-state index is 13.6. The molecule has 1 aromatic heterocycles. The Kier molecular flexibility index (Phi) is 5.35. The van der Waals surface area contributed by atoms with Crippen molar-refractivity contribution in [2.75, 3.05) is 5.88 Å². The van der Waals surface area contributed by atoms with E-state index in [1.54, 1.807) is 6.07 Å². The van der Waals surface area contributed by atoms with E-state index in [1.807, 2.05) is 0 Å². The Balaban J connectivity index is 1.85. The van der Waals surface area contributed by atoms with E-state index in [4.69, 9.17) is 27.9 Å². The van der Waals surface area contributed by atoms with Gasteiger partial charge in [0.05, 0.1) is 16.5 Å². The second-order valence-electron chi connectivity index (χ2n) is 5.69. The molecule has 27 heavy (non-hydrogen) atoms. The third kappa shape index (κ3) is 4.04. The van der Waals surface area contributed by atoms with E-state index in [-0.39, 0.29) is 34.6 Å². The first kappa shape index (κ1) is 19.5. The molecule has 0 aliphatic carbocycles. The first-order valence-electron chi connectivity index (χ1n) is 7.59. The van der Waals surface area contributed by atoms with Gasteiger partial charge in [0.15, 0.2) is 5.78 Å². The molecule has 0 fully saturated rings. The molecule has 0 bridgehead atoms. The van der Waals surface area contributed by atoms with Crippen LogP contribution in [0.25, 0.3) is 10.9 Å².